The first kappa shape index (κ1) is 51.4. The number of aliphatic hydroxyl groups is 2. The topological polar surface area (TPSA) is 250 Å². The lowest BCUT2D eigenvalue weighted by Gasteiger charge is -2.35. The number of nitrogens with one attached hydrogen (secondary N) is 2. The first-order valence-electron chi connectivity index (χ1n) is 26.7. The van der Waals surface area contributed by atoms with Crippen LogP contribution in [0.3, 0.4) is 0 Å². The van der Waals surface area contributed by atoms with Crippen molar-refractivity contribution in [1.82, 2.24) is 53.7 Å². The van der Waals surface area contributed by atoms with E-state index in [4.69, 9.17) is 10.1 Å². The zero-order valence-electron chi connectivity index (χ0n) is 43.3. The van der Waals surface area contributed by atoms with Gasteiger partial charge in [0.15, 0.2) is 0 Å². The number of likely N-dealkylation sites (tertiary alicyclic amines) is 1. The zero-order chi connectivity index (χ0) is 52.5. The highest BCUT2D eigenvalue weighted by atomic mass is 16.4. The molecule has 7 heterocycles. The van der Waals surface area contributed by atoms with Crippen molar-refractivity contribution in [3.05, 3.63) is 83.7 Å². The van der Waals surface area contributed by atoms with Gasteiger partial charge in [0.1, 0.15) is 34.3 Å². The number of pyridine rings is 2. The van der Waals surface area contributed by atoms with Gasteiger partial charge in [-0.15, -0.1) is 0 Å². The Balaban J connectivity index is 0.000000149. The van der Waals surface area contributed by atoms with Gasteiger partial charge in [-0.25, -0.2) is 24.7 Å². The quantitative estimate of drug-likeness (QED) is 0.0876. The van der Waals surface area contributed by atoms with Crippen molar-refractivity contribution in [2.75, 3.05) is 51.9 Å². The number of carboxylic acid groups (broad SMARTS) is 1. The van der Waals surface area contributed by atoms with Crippen molar-refractivity contribution >= 4 is 69.3 Å². The van der Waals surface area contributed by atoms with Crippen molar-refractivity contribution in [3.8, 4) is 0 Å². The Bertz CT molecular complexity index is 3010. The number of fused-ring (bicyclic) bond motifs is 6. The number of anilines is 4. The van der Waals surface area contributed by atoms with Crippen LogP contribution in [0.15, 0.2) is 61.2 Å². The maximum Gasteiger partial charge on any atom is 0.337 e. The van der Waals surface area contributed by atoms with Crippen LogP contribution in [0.2, 0.25) is 0 Å². The van der Waals surface area contributed by atoms with Gasteiger partial charge in [0.25, 0.3) is 17.7 Å². The smallest absolute Gasteiger partial charge is 0.337 e. The molecule has 75 heavy (non-hydrogen) atoms. The van der Waals surface area contributed by atoms with Crippen LogP contribution in [-0.4, -0.2) is 146 Å². The van der Waals surface area contributed by atoms with E-state index in [1.165, 1.54) is 44.4 Å². The molecule has 6 aliphatic rings. The van der Waals surface area contributed by atoms with Crippen LogP contribution in [0.1, 0.15) is 150 Å². The van der Waals surface area contributed by atoms with E-state index in [-0.39, 0.29) is 59.4 Å². The maximum absolute atomic E-state index is 13.0. The predicted octanol–water partition coefficient (Wildman–Crippen LogP) is 7.87. The van der Waals surface area contributed by atoms with Crippen molar-refractivity contribution in [1.29, 1.82) is 0 Å². The van der Waals surface area contributed by atoms with Gasteiger partial charge >= 0.3 is 5.97 Å². The van der Waals surface area contributed by atoms with E-state index < -0.39 is 5.97 Å². The van der Waals surface area contributed by atoms with Gasteiger partial charge in [0.2, 0.25) is 11.9 Å². The summed E-state index contributed by atoms with van der Waals surface area (Å²) in [5, 5.41) is 36.6. The van der Waals surface area contributed by atoms with Gasteiger partial charge in [-0.2, -0.15) is 9.97 Å². The number of aliphatic hydroxyl groups excluding tert-OH is 2. The number of nitrogens with zero attached hydrogens (tertiary/aromatic N) is 11. The Kier molecular flexibility index (Phi) is 15.1. The minimum atomic E-state index is -1.03. The van der Waals surface area contributed by atoms with Crippen LogP contribution in [0.4, 0.5) is 23.5 Å². The lowest BCUT2D eigenvalue weighted by Crippen LogP contribution is -2.47. The van der Waals surface area contributed by atoms with Gasteiger partial charge in [-0.1, -0.05) is 32.1 Å². The Morgan fingerprint density at radius 3 is 1.36 bits per heavy atom. The van der Waals surface area contributed by atoms with Crippen LogP contribution in [0.5, 0.6) is 0 Å². The first-order chi connectivity index (χ1) is 36.2. The fraction of sp³-hybridized carbons (Fsp3) is 0.527. The Hall–Kier alpha value is -7.06. The third kappa shape index (κ3) is 10.9. The molecule has 0 aromatic carbocycles. The van der Waals surface area contributed by atoms with Gasteiger partial charge in [-0.3, -0.25) is 14.4 Å². The molecule has 4 atom stereocenters. The van der Waals surface area contributed by atoms with Crippen LogP contribution in [-0.2, 0) is 0 Å². The van der Waals surface area contributed by atoms with E-state index in [2.05, 4.69) is 40.1 Å². The molecule has 3 amide bonds. The number of hydrogen-bond acceptors (Lipinski definition) is 14. The molecule has 0 spiro atoms. The molecule has 4 unspecified atom stereocenters. The second-order valence-corrected chi connectivity index (χ2v) is 21.8. The van der Waals surface area contributed by atoms with E-state index in [1.54, 1.807) is 74.8 Å². The molecule has 6 fully saturated rings. The standard InChI is InChI=1S/C27H33N7O3.C20H22N6O3.C8H14O/c1-32(2)26(37)21-11-19-13-29-27(31-24(19)34(21)20-5-3-4-6-20)30-22-10-9-16(12-28-22)25(36)33-14-17-7-8-18(15-33)23(17)35;1-25(2)18(27)15-9-13-11-22-20(23-16-8-7-12(10-21-16)19(28)29)24-17(13)26(15)14-5-3-4-6-14;9-8-6-2-1-3-7(8)5-4-6/h9-13,17-18,20,23,35H,3-8,14-15H2,1-2H3,(H,28,29,30,31);7-11,14H,3-6H2,1-2H3,(H,28,29)(H,21,22,23,24);6-9H,1-5H2. The van der Waals surface area contributed by atoms with Gasteiger partial charge in [0.05, 0.1) is 23.3 Å². The number of aromatic carboxylic acids is 1. The van der Waals surface area contributed by atoms with Gasteiger partial charge in [-0.05, 0) is 112 Å². The molecule has 6 aromatic rings. The van der Waals surface area contributed by atoms with Crippen molar-refractivity contribution in [3.63, 3.8) is 0 Å². The van der Waals surface area contributed by atoms with E-state index in [1.807, 2.05) is 21.6 Å². The summed E-state index contributed by atoms with van der Waals surface area (Å²) in [5.41, 5.74) is 3.34. The van der Waals surface area contributed by atoms with E-state index in [0.29, 0.717) is 71.1 Å². The molecule has 1 aliphatic heterocycles. The minimum Gasteiger partial charge on any atom is -0.478 e. The molecule has 6 aromatic heterocycles. The molecule has 5 N–H and O–H groups in total. The second kappa shape index (κ2) is 22.0. The number of amides is 3. The molecule has 20 heteroatoms. The number of aromatic nitrogens is 8. The zero-order valence-corrected chi connectivity index (χ0v) is 43.3. The monoisotopic (exact) mass is 1020 g/mol. The lowest BCUT2D eigenvalue weighted by atomic mass is 9.86. The summed E-state index contributed by atoms with van der Waals surface area (Å²) in [6.07, 6.45) is 23.2. The number of carbonyl (C=O) groups excluding carboxylic acids is 3. The minimum absolute atomic E-state index is 0.0439. The molecule has 5 aliphatic carbocycles. The van der Waals surface area contributed by atoms with Crippen LogP contribution < -0.4 is 10.6 Å². The summed E-state index contributed by atoms with van der Waals surface area (Å²) < 4.78 is 4.12. The van der Waals surface area contributed by atoms with Gasteiger partial charge < -0.3 is 49.8 Å². The van der Waals surface area contributed by atoms with Crippen LogP contribution >= 0.6 is 0 Å². The summed E-state index contributed by atoms with van der Waals surface area (Å²) in [5.74, 6) is 2.26. The van der Waals surface area contributed by atoms with Crippen molar-refractivity contribution < 1.29 is 34.5 Å². The average molecular weight is 1020 g/mol. The summed E-state index contributed by atoms with van der Waals surface area (Å²) in [4.78, 5) is 81.4. The molecule has 4 bridgehead atoms. The molecule has 0 radical (unpaired) electrons. The largest absolute Gasteiger partial charge is 0.478 e. The molecule has 1 saturated heterocycles. The number of carboxylic acids is 1. The normalized spacial score (nSPS) is 23.1. The second-order valence-electron chi connectivity index (χ2n) is 21.8. The van der Waals surface area contributed by atoms with Gasteiger partial charge in [0, 0.05) is 101 Å². The predicted molar refractivity (Wildman–Crippen MR) is 282 cm³/mol. The third-order valence-corrected chi connectivity index (χ3v) is 16.4. The number of carbonyl (C=O) groups is 4. The molecular formula is C55H69N13O7. The fourth-order valence-corrected chi connectivity index (χ4v) is 12.4. The number of piperidine rings is 1. The van der Waals surface area contributed by atoms with Crippen molar-refractivity contribution in [2.45, 2.75) is 121 Å². The number of rotatable bonds is 10. The highest BCUT2D eigenvalue weighted by Gasteiger charge is 2.42. The molecule has 5 saturated carbocycles. The summed E-state index contributed by atoms with van der Waals surface area (Å²) in [7, 11) is 7.00. The lowest BCUT2D eigenvalue weighted by molar-refractivity contribution is 0.0166. The Labute approximate surface area is 436 Å². The van der Waals surface area contributed by atoms with E-state index >= 15 is 0 Å². The SMILES string of the molecule is CN(C)C(=O)c1cc2cnc(Nc3ccc(C(=O)N4CC5CCC(C4)C5O)cn3)nc2n1C1CCCC1.CN(C)C(=O)c1cc2cnc(Nc3ccc(C(=O)O)cn3)nc2n1C1CCCC1.OC1C2CCCC1CC2. The average Bonchev–Trinajstić information content (AvgIpc) is 4.29. The van der Waals surface area contributed by atoms with Crippen molar-refractivity contribution in [2.24, 2.45) is 23.7 Å². The molecule has 20 nitrogen and oxygen atoms in total. The summed E-state index contributed by atoms with van der Waals surface area (Å²) >= 11 is 0. The van der Waals surface area contributed by atoms with E-state index in [9.17, 15) is 29.4 Å². The Morgan fingerprint density at radius 1 is 0.533 bits per heavy atom. The fourth-order valence-electron chi connectivity index (χ4n) is 12.4. The molecule has 396 valence electrons. The first-order valence-corrected chi connectivity index (χ1v) is 26.7. The maximum atomic E-state index is 13.0. The highest BCUT2D eigenvalue weighted by Crippen LogP contribution is 2.42. The highest BCUT2D eigenvalue weighted by molar-refractivity contribution is 5.99. The third-order valence-electron chi connectivity index (χ3n) is 16.4. The van der Waals surface area contributed by atoms with E-state index in [0.717, 1.165) is 80.6 Å². The number of hydrogen-bond donors (Lipinski definition) is 5. The van der Waals surface area contributed by atoms with Crippen LogP contribution in [0, 0.1) is 23.7 Å². The summed E-state index contributed by atoms with van der Waals surface area (Å²) in [6, 6.07) is 10.8. The van der Waals surface area contributed by atoms with Crippen LogP contribution in [0.25, 0.3) is 22.1 Å². The molecular weight excluding hydrogens is 955 g/mol. The molecule has 12 rings (SSSR count). The summed E-state index contributed by atoms with van der Waals surface area (Å²) in [6.45, 7) is 1.20. The Morgan fingerprint density at radius 2 is 0.960 bits per heavy atom.